The van der Waals surface area contributed by atoms with Crippen LogP contribution in [0.1, 0.15) is 11.7 Å². The molecule has 4 rings (SSSR count). The van der Waals surface area contributed by atoms with Crippen molar-refractivity contribution in [3.63, 3.8) is 0 Å². The Morgan fingerprint density at radius 3 is 1.49 bits per heavy atom. The zero-order valence-corrected chi connectivity index (χ0v) is 22.6. The molecule has 0 aliphatic carbocycles. The van der Waals surface area contributed by atoms with Gasteiger partial charge in [0.05, 0.1) is 25.9 Å². The minimum Gasteiger partial charge on any atom is -0.394 e. The van der Waals surface area contributed by atoms with Gasteiger partial charge in [0.25, 0.3) is 0 Å². The van der Waals surface area contributed by atoms with E-state index in [1.807, 2.05) is 6.07 Å². The van der Waals surface area contributed by atoms with Crippen LogP contribution in [0.4, 0.5) is 0 Å². The molecule has 0 saturated carbocycles. The van der Waals surface area contributed by atoms with Crippen LogP contribution in [0.15, 0.2) is 30.3 Å². The normalized spacial score (nSPS) is 44.4. The fraction of sp³-hybridized carbons (Fsp3) is 0.731. The van der Waals surface area contributed by atoms with Crippen LogP contribution in [0, 0.1) is 11.3 Å². The molecule has 3 heterocycles. The number of nitrogens with zero attached hydrogens (tertiary/aromatic N) is 1. The number of hydrogen-bond donors (Lipinski definition) is 10. The molecule has 10 N–H and O–H groups in total. The van der Waals surface area contributed by atoms with Crippen molar-refractivity contribution in [3.05, 3.63) is 35.9 Å². The fourth-order valence-electron chi connectivity index (χ4n) is 4.89. The summed E-state index contributed by atoms with van der Waals surface area (Å²) >= 11 is 0. The lowest BCUT2D eigenvalue weighted by atomic mass is 9.98. The number of hydrogen-bond acceptors (Lipinski definition) is 17. The van der Waals surface area contributed by atoms with Crippen molar-refractivity contribution in [2.75, 3.05) is 19.8 Å². The number of rotatable bonds is 10. The molecular formula is C26H37NO16. The molecule has 0 bridgehead atoms. The molecule has 17 nitrogen and oxygen atoms in total. The summed E-state index contributed by atoms with van der Waals surface area (Å²) in [5.74, 6) is 0. The van der Waals surface area contributed by atoms with Crippen LogP contribution in [-0.4, -0.2) is 163 Å². The topological polar surface area (TPSA) is 281 Å². The van der Waals surface area contributed by atoms with Gasteiger partial charge < -0.3 is 79.5 Å². The second-order valence-corrected chi connectivity index (χ2v) is 10.4. The summed E-state index contributed by atoms with van der Waals surface area (Å²) in [6.45, 7) is -1.89. The van der Waals surface area contributed by atoms with E-state index in [9.17, 15) is 56.3 Å². The Bertz CT molecular complexity index is 1050. The molecule has 3 saturated heterocycles. The highest BCUT2D eigenvalue weighted by Crippen LogP contribution is 2.30. The second kappa shape index (κ2) is 14.9. The highest BCUT2D eigenvalue weighted by Gasteiger charge is 2.49. The molecule has 0 radical (unpaired) electrons. The highest BCUT2D eigenvalue weighted by atomic mass is 16.7. The van der Waals surface area contributed by atoms with E-state index >= 15 is 0 Å². The second-order valence-electron chi connectivity index (χ2n) is 10.4. The maximum Gasteiger partial charge on any atom is 0.188 e. The van der Waals surface area contributed by atoms with E-state index in [-0.39, 0.29) is 0 Å². The smallest absolute Gasteiger partial charge is 0.188 e. The van der Waals surface area contributed by atoms with E-state index in [0.29, 0.717) is 5.56 Å². The summed E-state index contributed by atoms with van der Waals surface area (Å²) in [7, 11) is 0. The van der Waals surface area contributed by atoms with Crippen molar-refractivity contribution < 1.29 is 79.5 Å². The standard InChI is InChI=1S/C26H37NO16/c27-6-11(10-4-2-1-3-5-10)40-26-23(37)20(34)17(31)14(43-26)9-39-25-22(36)19(33)16(30)13(42-25)8-38-24-21(35)18(32)15(29)12(7-28)41-24/h1-5,11-26,28-37H,7-9H2/t11?,12-,13-,14-,15-,16-,17-,18+,19+,20+,21-,22-,23-,24-,25-,26-/m1/s1. The van der Waals surface area contributed by atoms with Crippen LogP contribution in [0.2, 0.25) is 0 Å². The molecule has 1 aromatic rings. The van der Waals surface area contributed by atoms with E-state index in [1.54, 1.807) is 30.3 Å². The van der Waals surface area contributed by atoms with Crippen molar-refractivity contribution >= 4 is 0 Å². The van der Waals surface area contributed by atoms with Crippen LogP contribution in [0.25, 0.3) is 0 Å². The van der Waals surface area contributed by atoms with E-state index in [2.05, 4.69) is 0 Å². The maximum absolute atomic E-state index is 10.5. The molecule has 3 aliphatic rings. The molecule has 0 aromatic heterocycles. The van der Waals surface area contributed by atoms with E-state index in [0.717, 1.165) is 0 Å². The zero-order valence-electron chi connectivity index (χ0n) is 22.6. The summed E-state index contributed by atoms with van der Waals surface area (Å²) in [5, 5.41) is 111. The molecular weight excluding hydrogens is 582 g/mol. The average molecular weight is 620 g/mol. The number of ether oxygens (including phenoxy) is 6. The Balaban J connectivity index is 1.37. The van der Waals surface area contributed by atoms with E-state index < -0.39 is 118 Å². The van der Waals surface area contributed by atoms with Gasteiger partial charge in [-0.15, -0.1) is 0 Å². The van der Waals surface area contributed by atoms with E-state index in [1.165, 1.54) is 0 Å². The first kappa shape index (κ1) is 34.0. The van der Waals surface area contributed by atoms with Crippen LogP contribution in [-0.2, 0) is 28.4 Å². The lowest BCUT2D eigenvalue weighted by Crippen LogP contribution is -2.62. The molecule has 16 atom stereocenters. The third-order valence-electron chi connectivity index (χ3n) is 7.52. The van der Waals surface area contributed by atoms with Crippen LogP contribution in [0.5, 0.6) is 0 Å². The molecule has 0 spiro atoms. The van der Waals surface area contributed by atoms with Gasteiger partial charge in [-0.3, -0.25) is 0 Å². The number of aliphatic hydroxyl groups is 10. The summed E-state index contributed by atoms with van der Waals surface area (Å²) in [4.78, 5) is 0. The summed E-state index contributed by atoms with van der Waals surface area (Å²) in [6.07, 6.45) is -25.8. The molecule has 1 unspecified atom stereocenters. The third kappa shape index (κ3) is 7.49. The van der Waals surface area contributed by atoms with Gasteiger partial charge in [-0.2, -0.15) is 5.26 Å². The van der Waals surface area contributed by atoms with Crippen molar-refractivity contribution in [1.82, 2.24) is 0 Å². The van der Waals surface area contributed by atoms with Crippen molar-refractivity contribution in [1.29, 1.82) is 5.26 Å². The summed E-state index contributed by atoms with van der Waals surface area (Å²) in [5.41, 5.74) is 0.442. The maximum atomic E-state index is 10.5. The zero-order chi connectivity index (χ0) is 31.4. The van der Waals surface area contributed by atoms with Gasteiger partial charge in [0, 0.05) is 0 Å². The first-order valence-corrected chi connectivity index (χ1v) is 13.5. The van der Waals surface area contributed by atoms with Crippen molar-refractivity contribution in [2.24, 2.45) is 0 Å². The Morgan fingerprint density at radius 2 is 1.02 bits per heavy atom. The van der Waals surface area contributed by atoms with Crippen LogP contribution < -0.4 is 0 Å². The summed E-state index contributed by atoms with van der Waals surface area (Å²) in [6, 6.07) is 10.2. The fourth-order valence-corrected chi connectivity index (χ4v) is 4.89. The summed E-state index contributed by atoms with van der Waals surface area (Å²) < 4.78 is 32.8. The predicted molar refractivity (Wildman–Crippen MR) is 135 cm³/mol. The largest absolute Gasteiger partial charge is 0.394 e. The van der Waals surface area contributed by atoms with Gasteiger partial charge in [0.2, 0.25) is 0 Å². The minimum atomic E-state index is -1.83. The molecule has 3 fully saturated rings. The average Bonchev–Trinajstić information content (AvgIpc) is 3.02. The first-order valence-electron chi connectivity index (χ1n) is 13.5. The van der Waals surface area contributed by atoms with E-state index in [4.69, 9.17) is 28.4 Å². The Labute approximate surface area is 245 Å². The molecule has 1 aromatic carbocycles. The highest BCUT2D eigenvalue weighted by molar-refractivity contribution is 5.22. The predicted octanol–water partition coefficient (Wildman–Crippen LogP) is -5.28. The Kier molecular flexibility index (Phi) is 11.8. The molecule has 0 amide bonds. The van der Waals surface area contributed by atoms with Gasteiger partial charge in [-0.1, -0.05) is 30.3 Å². The third-order valence-corrected chi connectivity index (χ3v) is 7.52. The minimum absolute atomic E-state index is 0.442. The van der Waals surface area contributed by atoms with Gasteiger partial charge in [0.15, 0.2) is 25.0 Å². The van der Waals surface area contributed by atoms with Gasteiger partial charge in [0.1, 0.15) is 73.2 Å². The van der Waals surface area contributed by atoms with Crippen molar-refractivity contribution in [3.8, 4) is 6.07 Å². The van der Waals surface area contributed by atoms with Crippen LogP contribution >= 0.6 is 0 Å². The van der Waals surface area contributed by atoms with Gasteiger partial charge in [-0.05, 0) is 5.56 Å². The van der Waals surface area contributed by atoms with Crippen LogP contribution in [0.3, 0.4) is 0 Å². The Morgan fingerprint density at radius 1 is 0.605 bits per heavy atom. The molecule has 17 heteroatoms. The van der Waals surface area contributed by atoms with Gasteiger partial charge in [-0.25, -0.2) is 0 Å². The monoisotopic (exact) mass is 619 g/mol. The Hall–Kier alpha value is -1.93. The SMILES string of the molecule is N#CC(O[C@@H]1O[C@H](CO[C@@H]2O[C@H](CO[C@@H]3O[C@H](CO)[C@@H](O)[C@H](O)[C@H]3O)[C@@H](O)[C@H](O)[C@H]2O)[C@@H](O)[C@H](O)[C@H]1O)c1ccccc1. The molecule has 242 valence electrons. The first-order chi connectivity index (χ1) is 20.5. The molecule has 3 aliphatic heterocycles. The lowest BCUT2D eigenvalue weighted by Gasteiger charge is -2.44. The molecule has 43 heavy (non-hydrogen) atoms. The number of benzene rings is 1. The quantitative estimate of drug-likeness (QED) is 0.117. The lowest BCUT2D eigenvalue weighted by molar-refractivity contribution is -0.344. The number of nitriles is 1. The number of aliphatic hydroxyl groups excluding tert-OH is 10. The van der Waals surface area contributed by atoms with Crippen molar-refractivity contribution in [2.45, 2.75) is 98.2 Å². The van der Waals surface area contributed by atoms with Gasteiger partial charge >= 0.3 is 0 Å².